The minimum Gasteiger partial charge on any atom is -0.310 e. The van der Waals surface area contributed by atoms with Gasteiger partial charge in [-0.2, -0.15) is 0 Å². The Morgan fingerprint density at radius 1 is 1.14 bits per heavy atom. The second-order valence-corrected chi connectivity index (χ2v) is 7.29. The summed E-state index contributed by atoms with van der Waals surface area (Å²) in [5, 5.41) is 3.53. The van der Waals surface area contributed by atoms with Crippen molar-refractivity contribution in [1.82, 2.24) is 15.2 Å². The highest BCUT2D eigenvalue weighted by Gasteiger charge is 2.19. The molecule has 0 saturated heterocycles. The molecule has 0 aliphatic heterocycles. The van der Waals surface area contributed by atoms with Gasteiger partial charge in [0.25, 0.3) is 0 Å². The van der Waals surface area contributed by atoms with Crippen LogP contribution in [0.3, 0.4) is 0 Å². The van der Waals surface area contributed by atoms with Gasteiger partial charge in [-0.3, -0.25) is 9.88 Å². The smallest absolute Gasteiger partial charge is 0.0544 e. The standard InChI is InChI=1S/C18H31N3/c1-14(2)11-21(12-15(3)4)13-18-6-5-16(10-20-18)9-19-17-7-8-17/h5-6,10,14-15,17,19H,7-9,11-13H2,1-4H3. The molecule has 1 aromatic heterocycles. The zero-order valence-corrected chi connectivity index (χ0v) is 14.1. The second kappa shape index (κ2) is 7.90. The number of nitrogens with one attached hydrogen (secondary N) is 1. The van der Waals surface area contributed by atoms with Gasteiger partial charge in [0.1, 0.15) is 0 Å². The summed E-state index contributed by atoms with van der Waals surface area (Å²) < 4.78 is 0. The van der Waals surface area contributed by atoms with Crippen molar-refractivity contribution in [2.75, 3.05) is 13.1 Å². The van der Waals surface area contributed by atoms with Crippen molar-refractivity contribution in [2.45, 2.75) is 59.7 Å². The first kappa shape index (κ1) is 16.4. The monoisotopic (exact) mass is 289 g/mol. The molecule has 0 amide bonds. The zero-order valence-electron chi connectivity index (χ0n) is 14.1. The van der Waals surface area contributed by atoms with Gasteiger partial charge in [-0.05, 0) is 36.3 Å². The molecular weight excluding hydrogens is 258 g/mol. The lowest BCUT2D eigenvalue weighted by molar-refractivity contribution is 0.209. The van der Waals surface area contributed by atoms with Crippen LogP contribution in [0.2, 0.25) is 0 Å². The van der Waals surface area contributed by atoms with Gasteiger partial charge in [-0.15, -0.1) is 0 Å². The van der Waals surface area contributed by atoms with E-state index >= 15 is 0 Å². The maximum absolute atomic E-state index is 4.65. The topological polar surface area (TPSA) is 28.2 Å². The summed E-state index contributed by atoms with van der Waals surface area (Å²) in [5.74, 6) is 1.40. The van der Waals surface area contributed by atoms with E-state index in [0.29, 0.717) is 11.8 Å². The highest BCUT2D eigenvalue weighted by atomic mass is 15.1. The van der Waals surface area contributed by atoms with Crippen molar-refractivity contribution in [3.63, 3.8) is 0 Å². The summed E-state index contributed by atoms with van der Waals surface area (Å²) in [6, 6.07) is 5.18. The lowest BCUT2D eigenvalue weighted by atomic mass is 10.1. The molecule has 1 N–H and O–H groups in total. The van der Waals surface area contributed by atoms with E-state index in [-0.39, 0.29) is 0 Å². The molecule has 1 aromatic rings. The SMILES string of the molecule is CC(C)CN(Cc1ccc(CNC2CC2)cn1)CC(C)C. The summed E-state index contributed by atoms with van der Waals surface area (Å²) in [4.78, 5) is 7.18. The van der Waals surface area contributed by atoms with E-state index < -0.39 is 0 Å². The predicted molar refractivity (Wildman–Crippen MR) is 89.1 cm³/mol. The van der Waals surface area contributed by atoms with Crippen LogP contribution in [0.1, 0.15) is 51.8 Å². The Hall–Kier alpha value is -0.930. The maximum atomic E-state index is 4.65. The van der Waals surface area contributed by atoms with Gasteiger partial charge in [-0.25, -0.2) is 0 Å². The van der Waals surface area contributed by atoms with Gasteiger partial charge in [0.15, 0.2) is 0 Å². The van der Waals surface area contributed by atoms with E-state index in [1.165, 1.54) is 24.1 Å². The summed E-state index contributed by atoms with van der Waals surface area (Å²) >= 11 is 0. The first-order valence-corrected chi connectivity index (χ1v) is 8.42. The Kier molecular flexibility index (Phi) is 6.19. The van der Waals surface area contributed by atoms with E-state index in [4.69, 9.17) is 0 Å². The summed E-state index contributed by atoms with van der Waals surface area (Å²) in [6.45, 7) is 13.4. The number of rotatable bonds is 9. The van der Waals surface area contributed by atoms with E-state index in [9.17, 15) is 0 Å². The Morgan fingerprint density at radius 2 is 1.81 bits per heavy atom. The van der Waals surface area contributed by atoms with Gasteiger partial charge in [0.05, 0.1) is 5.69 Å². The van der Waals surface area contributed by atoms with Crippen LogP contribution < -0.4 is 5.32 Å². The lowest BCUT2D eigenvalue weighted by Gasteiger charge is -2.25. The van der Waals surface area contributed by atoms with Crippen LogP contribution in [0.4, 0.5) is 0 Å². The van der Waals surface area contributed by atoms with Crippen LogP contribution in [0.5, 0.6) is 0 Å². The van der Waals surface area contributed by atoms with E-state index in [2.05, 4.69) is 55.0 Å². The minimum absolute atomic E-state index is 0.700. The maximum Gasteiger partial charge on any atom is 0.0544 e. The van der Waals surface area contributed by atoms with Crippen LogP contribution in [0.15, 0.2) is 18.3 Å². The average Bonchev–Trinajstić information content (AvgIpc) is 3.20. The molecule has 1 aliphatic rings. The normalized spacial score (nSPS) is 15.4. The Morgan fingerprint density at radius 3 is 2.29 bits per heavy atom. The fourth-order valence-electron chi connectivity index (χ4n) is 2.67. The summed E-state index contributed by atoms with van der Waals surface area (Å²) in [6.07, 6.45) is 4.71. The van der Waals surface area contributed by atoms with Crippen LogP contribution >= 0.6 is 0 Å². The van der Waals surface area contributed by atoms with Crippen molar-refractivity contribution in [1.29, 1.82) is 0 Å². The van der Waals surface area contributed by atoms with Gasteiger partial charge in [0.2, 0.25) is 0 Å². The van der Waals surface area contributed by atoms with Crippen molar-refractivity contribution in [3.8, 4) is 0 Å². The third kappa shape index (κ3) is 6.58. The minimum atomic E-state index is 0.700. The first-order chi connectivity index (χ1) is 10.0. The number of aromatic nitrogens is 1. The van der Waals surface area contributed by atoms with Crippen molar-refractivity contribution >= 4 is 0 Å². The number of hydrogen-bond acceptors (Lipinski definition) is 3. The molecule has 1 aliphatic carbocycles. The Bertz CT molecular complexity index is 397. The van der Waals surface area contributed by atoms with Crippen LogP contribution in [0, 0.1) is 11.8 Å². The number of hydrogen-bond donors (Lipinski definition) is 1. The van der Waals surface area contributed by atoms with Crippen molar-refractivity contribution in [2.24, 2.45) is 11.8 Å². The molecule has 0 spiro atoms. The number of nitrogens with zero attached hydrogens (tertiary/aromatic N) is 2. The lowest BCUT2D eigenvalue weighted by Crippen LogP contribution is -2.31. The molecule has 3 nitrogen and oxygen atoms in total. The molecule has 0 atom stereocenters. The van der Waals surface area contributed by atoms with Crippen LogP contribution in [-0.4, -0.2) is 29.0 Å². The Balaban J connectivity index is 1.86. The molecule has 0 bridgehead atoms. The van der Waals surface area contributed by atoms with Gasteiger partial charge < -0.3 is 5.32 Å². The molecule has 1 heterocycles. The zero-order chi connectivity index (χ0) is 15.2. The quantitative estimate of drug-likeness (QED) is 0.755. The second-order valence-electron chi connectivity index (χ2n) is 7.29. The third-order valence-electron chi connectivity index (χ3n) is 3.69. The molecule has 1 saturated carbocycles. The molecular formula is C18H31N3. The van der Waals surface area contributed by atoms with Crippen LogP contribution in [-0.2, 0) is 13.1 Å². The predicted octanol–water partition coefficient (Wildman–Crippen LogP) is 3.45. The largest absolute Gasteiger partial charge is 0.310 e. The molecule has 3 heteroatoms. The Labute approximate surface area is 130 Å². The van der Waals surface area contributed by atoms with Gasteiger partial charge in [0, 0.05) is 38.4 Å². The average molecular weight is 289 g/mol. The van der Waals surface area contributed by atoms with E-state index in [1.807, 2.05) is 6.20 Å². The van der Waals surface area contributed by atoms with Crippen molar-refractivity contribution in [3.05, 3.63) is 29.6 Å². The first-order valence-electron chi connectivity index (χ1n) is 8.42. The van der Waals surface area contributed by atoms with Crippen LogP contribution in [0.25, 0.3) is 0 Å². The van der Waals surface area contributed by atoms with E-state index in [0.717, 1.165) is 32.2 Å². The summed E-state index contributed by atoms with van der Waals surface area (Å²) in [7, 11) is 0. The number of pyridine rings is 1. The summed E-state index contributed by atoms with van der Waals surface area (Å²) in [5.41, 5.74) is 2.48. The molecule has 0 radical (unpaired) electrons. The third-order valence-corrected chi connectivity index (χ3v) is 3.69. The highest BCUT2D eigenvalue weighted by molar-refractivity contribution is 5.14. The van der Waals surface area contributed by atoms with E-state index in [1.54, 1.807) is 0 Å². The molecule has 1 fully saturated rings. The molecule has 21 heavy (non-hydrogen) atoms. The van der Waals surface area contributed by atoms with Gasteiger partial charge >= 0.3 is 0 Å². The van der Waals surface area contributed by atoms with Crippen molar-refractivity contribution < 1.29 is 0 Å². The molecule has 0 aromatic carbocycles. The fraction of sp³-hybridized carbons (Fsp3) is 0.722. The highest BCUT2D eigenvalue weighted by Crippen LogP contribution is 2.19. The molecule has 2 rings (SSSR count). The fourth-order valence-corrected chi connectivity index (χ4v) is 2.67. The van der Waals surface area contributed by atoms with Gasteiger partial charge in [-0.1, -0.05) is 33.8 Å². The molecule has 0 unspecified atom stereocenters. The molecule has 118 valence electrons.